The fraction of sp³-hybridized carbons (Fsp3) is 0.462. The average Bonchev–Trinajstić information content (AvgIpc) is 2.38. The lowest BCUT2D eigenvalue weighted by Gasteiger charge is -2.08. The Kier molecular flexibility index (Phi) is 6.21. The Labute approximate surface area is 111 Å². The Bertz CT molecular complexity index is 415. The minimum Gasteiger partial charge on any atom is -0.352 e. The van der Waals surface area contributed by atoms with Crippen LogP contribution in [0.5, 0.6) is 0 Å². The largest absolute Gasteiger partial charge is 0.352 e. The Morgan fingerprint density at radius 1 is 1.21 bits per heavy atom. The average molecular weight is 271 g/mol. The Morgan fingerprint density at radius 3 is 2.37 bits per heavy atom. The van der Waals surface area contributed by atoms with Gasteiger partial charge in [0.2, 0.25) is 0 Å². The number of hydrogen-bond donors (Lipinski definition) is 3. The molecule has 0 bridgehead atoms. The maximum atomic E-state index is 13.4. The zero-order valence-electron chi connectivity index (χ0n) is 10.9. The van der Waals surface area contributed by atoms with Crippen molar-refractivity contribution < 1.29 is 13.6 Å². The highest BCUT2D eigenvalue weighted by Gasteiger charge is 2.14. The van der Waals surface area contributed by atoms with Crippen LogP contribution >= 0.6 is 0 Å². The van der Waals surface area contributed by atoms with Crippen LogP contribution in [-0.4, -0.2) is 12.5 Å². The van der Waals surface area contributed by atoms with Crippen molar-refractivity contribution in [3.8, 4) is 0 Å². The molecule has 0 aromatic heterocycles. The summed E-state index contributed by atoms with van der Waals surface area (Å²) in [6.07, 6.45) is 4.09. The summed E-state index contributed by atoms with van der Waals surface area (Å²) in [5.74, 6) is 2.71. The highest BCUT2D eigenvalue weighted by atomic mass is 19.1. The Morgan fingerprint density at radius 2 is 1.84 bits per heavy atom. The number of anilines is 1. The number of hydrazine groups is 1. The van der Waals surface area contributed by atoms with Crippen LogP contribution in [0.3, 0.4) is 0 Å². The molecule has 0 heterocycles. The molecular formula is C13H19F2N3O. The quantitative estimate of drug-likeness (QED) is 0.405. The summed E-state index contributed by atoms with van der Waals surface area (Å²) in [7, 11) is 0. The Hall–Kier alpha value is -1.69. The molecule has 1 rings (SSSR count). The number of halogens is 2. The van der Waals surface area contributed by atoms with E-state index in [-0.39, 0.29) is 5.56 Å². The van der Waals surface area contributed by atoms with E-state index in [0.717, 1.165) is 37.8 Å². The predicted octanol–water partition coefficient (Wildman–Crippen LogP) is 2.56. The SMILES string of the molecule is CCCCCCNC(=O)c1cc(F)c(NN)c(F)c1. The number of carbonyl (C=O) groups excluding carboxylic acids is 1. The first kappa shape index (κ1) is 15.4. The van der Waals surface area contributed by atoms with Crippen LogP contribution in [0.25, 0.3) is 0 Å². The van der Waals surface area contributed by atoms with E-state index in [1.165, 1.54) is 0 Å². The number of amides is 1. The van der Waals surface area contributed by atoms with Crippen LogP contribution in [0.4, 0.5) is 14.5 Å². The topological polar surface area (TPSA) is 67.2 Å². The van der Waals surface area contributed by atoms with Gasteiger partial charge in [0, 0.05) is 12.1 Å². The van der Waals surface area contributed by atoms with Gasteiger partial charge in [-0.15, -0.1) is 0 Å². The standard InChI is InChI=1S/C13H19F2N3O/c1-2-3-4-5-6-17-13(19)9-7-10(14)12(18-16)11(15)8-9/h7-8,18H,2-6,16H2,1H3,(H,17,19). The van der Waals surface area contributed by atoms with Crippen LogP contribution in [0.2, 0.25) is 0 Å². The number of nitrogen functional groups attached to an aromatic ring is 1. The molecule has 0 unspecified atom stereocenters. The van der Waals surface area contributed by atoms with Gasteiger partial charge in [-0.3, -0.25) is 10.6 Å². The van der Waals surface area contributed by atoms with Gasteiger partial charge in [0.1, 0.15) is 5.69 Å². The molecule has 0 fully saturated rings. The summed E-state index contributed by atoms with van der Waals surface area (Å²) in [6, 6.07) is 1.92. The van der Waals surface area contributed by atoms with Gasteiger partial charge >= 0.3 is 0 Å². The van der Waals surface area contributed by atoms with E-state index >= 15 is 0 Å². The van der Waals surface area contributed by atoms with Crippen molar-refractivity contribution in [2.24, 2.45) is 5.84 Å². The van der Waals surface area contributed by atoms with Gasteiger partial charge in [0.15, 0.2) is 11.6 Å². The van der Waals surface area contributed by atoms with Crippen molar-refractivity contribution in [3.63, 3.8) is 0 Å². The summed E-state index contributed by atoms with van der Waals surface area (Å²) >= 11 is 0. The molecule has 4 N–H and O–H groups in total. The molecule has 0 saturated carbocycles. The molecule has 0 spiro atoms. The van der Waals surface area contributed by atoms with Crippen molar-refractivity contribution in [3.05, 3.63) is 29.3 Å². The fourth-order valence-corrected chi connectivity index (χ4v) is 1.70. The molecule has 1 aromatic rings. The predicted molar refractivity (Wildman–Crippen MR) is 70.6 cm³/mol. The lowest BCUT2D eigenvalue weighted by molar-refractivity contribution is 0.0952. The molecule has 0 aliphatic heterocycles. The molecular weight excluding hydrogens is 252 g/mol. The number of benzene rings is 1. The first-order valence-corrected chi connectivity index (χ1v) is 6.34. The first-order valence-electron chi connectivity index (χ1n) is 6.34. The van der Waals surface area contributed by atoms with Crippen molar-refractivity contribution in [1.29, 1.82) is 0 Å². The van der Waals surface area contributed by atoms with Crippen LogP contribution < -0.4 is 16.6 Å². The van der Waals surface area contributed by atoms with Crippen LogP contribution in [-0.2, 0) is 0 Å². The monoisotopic (exact) mass is 271 g/mol. The molecule has 1 amide bonds. The van der Waals surface area contributed by atoms with E-state index in [1.54, 1.807) is 0 Å². The molecule has 6 heteroatoms. The van der Waals surface area contributed by atoms with Crippen LogP contribution in [0.15, 0.2) is 12.1 Å². The second-order valence-electron chi connectivity index (χ2n) is 4.28. The van der Waals surface area contributed by atoms with E-state index in [0.29, 0.717) is 6.54 Å². The molecule has 106 valence electrons. The second kappa shape index (κ2) is 7.68. The molecule has 19 heavy (non-hydrogen) atoms. The van der Waals surface area contributed by atoms with Gasteiger partial charge in [-0.1, -0.05) is 26.2 Å². The highest BCUT2D eigenvalue weighted by molar-refractivity contribution is 5.94. The lowest BCUT2D eigenvalue weighted by Crippen LogP contribution is -2.25. The normalized spacial score (nSPS) is 10.3. The highest BCUT2D eigenvalue weighted by Crippen LogP contribution is 2.19. The fourth-order valence-electron chi connectivity index (χ4n) is 1.70. The van der Waals surface area contributed by atoms with Crippen molar-refractivity contribution in [1.82, 2.24) is 5.32 Å². The molecule has 4 nitrogen and oxygen atoms in total. The van der Waals surface area contributed by atoms with Crippen molar-refractivity contribution >= 4 is 11.6 Å². The minimum atomic E-state index is -0.890. The summed E-state index contributed by atoms with van der Waals surface area (Å²) in [5, 5.41) is 2.63. The van der Waals surface area contributed by atoms with Crippen LogP contribution in [0.1, 0.15) is 43.0 Å². The maximum absolute atomic E-state index is 13.4. The number of nitrogens with two attached hydrogens (primary N) is 1. The maximum Gasteiger partial charge on any atom is 0.251 e. The zero-order valence-corrected chi connectivity index (χ0v) is 10.9. The zero-order chi connectivity index (χ0) is 14.3. The van der Waals surface area contributed by atoms with Gasteiger partial charge in [-0.05, 0) is 18.6 Å². The minimum absolute atomic E-state index is 0.0514. The van der Waals surface area contributed by atoms with Crippen molar-refractivity contribution in [2.45, 2.75) is 32.6 Å². The molecule has 0 aliphatic carbocycles. The summed E-state index contributed by atoms with van der Waals surface area (Å²) in [6.45, 7) is 2.59. The molecule has 0 radical (unpaired) electrons. The van der Waals surface area contributed by atoms with Gasteiger partial charge in [-0.25, -0.2) is 8.78 Å². The third kappa shape index (κ3) is 4.48. The Balaban J connectivity index is 2.58. The van der Waals surface area contributed by atoms with Gasteiger partial charge in [-0.2, -0.15) is 0 Å². The summed E-state index contributed by atoms with van der Waals surface area (Å²) < 4.78 is 26.8. The number of carbonyl (C=O) groups is 1. The first-order chi connectivity index (χ1) is 9.10. The third-order valence-electron chi connectivity index (χ3n) is 2.76. The number of rotatable bonds is 7. The van der Waals surface area contributed by atoms with E-state index in [4.69, 9.17) is 5.84 Å². The molecule has 0 aliphatic rings. The third-order valence-corrected chi connectivity index (χ3v) is 2.76. The van der Waals surface area contributed by atoms with Crippen molar-refractivity contribution in [2.75, 3.05) is 12.0 Å². The van der Waals surface area contributed by atoms with E-state index in [9.17, 15) is 13.6 Å². The van der Waals surface area contributed by atoms with Gasteiger partial charge in [0.25, 0.3) is 5.91 Å². The van der Waals surface area contributed by atoms with Gasteiger partial charge in [0.05, 0.1) is 0 Å². The smallest absolute Gasteiger partial charge is 0.251 e. The number of nitrogens with one attached hydrogen (secondary N) is 2. The summed E-state index contributed by atoms with van der Waals surface area (Å²) in [5.41, 5.74) is 1.42. The number of unbranched alkanes of at least 4 members (excludes halogenated alkanes) is 3. The summed E-state index contributed by atoms with van der Waals surface area (Å²) in [4.78, 5) is 11.7. The van der Waals surface area contributed by atoms with Crippen LogP contribution in [0, 0.1) is 11.6 Å². The van der Waals surface area contributed by atoms with Gasteiger partial charge < -0.3 is 10.7 Å². The van der Waals surface area contributed by atoms with E-state index in [2.05, 4.69) is 12.2 Å². The molecule has 1 aromatic carbocycles. The second-order valence-corrected chi connectivity index (χ2v) is 4.28. The molecule has 0 saturated heterocycles. The lowest BCUT2D eigenvalue weighted by atomic mass is 10.1. The van der Waals surface area contributed by atoms with E-state index in [1.807, 2.05) is 5.43 Å². The van der Waals surface area contributed by atoms with E-state index < -0.39 is 23.2 Å². The number of hydrogen-bond acceptors (Lipinski definition) is 3. The molecule has 0 atom stereocenters.